The Bertz CT molecular complexity index is 1460. The summed E-state index contributed by atoms with van der Waals surface area (Å²) in [5.41, 5.74) is 3.81. The van der Waals surface area contributed by atoms with Crippen LogP contribution in [0.15, 0.2) is 103 Å². The summed E-state index contributed by atoms with van der Waals surface area (Å²) in [6.07, 6.45) is -0.977. The summed E-state index contributed by atoms with van der Waals surface area (Å²) < 4.78 is 0. The molecule has 3 atom stereocenters. The zero-order chi connectivity index (χ0) is 24.8. The standard InChI is InChI=1S/C29H20Cl2N2O3/c30-20-14-15-23(24(31)17-20)26-25-27(36-33(26)21-11-5-2-6-12-21)29(35)32(28(25)34)22-13-7-10-19(16-22)18-8-3-1-4-9-18/h1-17,25-27H/t25-,26-,27-/m1/s1. The molecule has 0 aromatic heterocycles. The summed E-state index contributed by atoms with van der Waals surface area (Å²) in [6.45, 7) is 0. The molecule has 0 spiro atoms. The van der Waals surface area contributed by atoms with Gasteiger partial charge in [-0.1, -0.05) is 89.9 Å². The van der Waals surface area contributed by atoms with E-state index in [9.17, 15) is 9.59 Å². The largest absolute Gasteiger partial charge is 0.273 e. The van der Waals surface area contributed by atoms with E-state index < -0.39 is 24.0 Å². The lowest BCUT2D eigenvalue weighted by atomic mass is 9.90. The summed E-state index contributed by atoms with van der Waals surface area (Å²) in [6, 6.07) is 31.1. The van der Waals surface area contributed by atoms with Gasteiger partial charge in [0, 0.05) is 10.0 Å². The highest BCUT2D eigenvalue weighted by Crippen LogP contribution is 2.49. The number of hydrogen-bond acceptors (Lipinski definition) is 4. The van der Waals surface area contributed by atoms with Crippen LogP contribution in [0.4, 0.5) is 11.4 Å². The average Bonchev–Trinajstić information content (AvgIpc) is 3.41. The van der Waals surface area contributed by atoms with Crippen molar-refractivity contribution in [3.8, 4) is 11.1 Å². The quantitative estimate of drug-likeness (QED) is 0.284. The Kier molecular flexibility index (Phi) is 5.76. The first-order valence-electron chi connectivity index (χ1n) is 11.5. The molecule has 4 aromatic rings. The summed E-state index contributed by atoms with van der Waals surface area (Å²) in [4.78, 5) is 35.0. The molecule has 6 rings (SSSR count). The van der Waals surface area contributed by atoms with Gasteiger partial charge in [0.15, 0.2) is 6.10 Å². The van der Waals surface area contributed by atoms with Crippen molar-refractivity contribution in [3.05, 3.63) is 119 Å². The Morgan fingerprint density at radius 3 is 2.06 bits per heavy atom. The molecule has 0 N–H and O–H groups in total. The van der Waals surface area contributed by atoms with Crippen molar-refractivity contribution in [2.75, 3.05) is 9.96 Å². The maximum Gasteiger partial charge on any atom is 0.266 e. The number of carbonyl (C=O) groups excluding carboxylic acids is 2. The highest BCUT2D eigenvalue weighted by atomic mass is 35.5. The van der Waals surface area contributed by atoms with Crippen LogP contribution in [0.2, 0.25) is 10.0 Å². The minimum Gasteiger partial charge on any atom is -0.273 e. The normalized spacial score (nSPS) is 21.2. The van der Waals surface area contributed by atoms with E-state index in [2.05, 4.69) is 0 Å². The molecule has 0 unspecified atom stereocenters. The Morgan fingerprint density at radius 2 is 1.33 bits per heavy atom. The van der Waals surface area contributed by atoms with Crippen LogP contribution in [0.3, 0.4) is 0 Å². The Morgan fingerprint density at radius 1 is 0.667 bits per heavy atom. The summed E-state index contributed by atoms with van der Waals surface area (Å²) in [7, 11) is 0. The fourth-order valence-electron chi connectivity index (χ4n) is 4.98. The van der Waals surface area contributed by atoms with E-state index >= 15 is 0 Å². The van der Waals surface area contributed by atoms with Crippen molar-refractivity contribution in [2.45, 2.75) is 12.1 Å². The van der Waals surface area contributed by atoms with Crippen molar-refractivity contribution in [1.29, 1.82) is 0 Å². The van der Waals surface area contributed by atoms with Crippen LogP contribution in [0.25, 0.3) is 11.1 Å². The molecule has 0 aliphatic carbocycles. The molecular formula is C29H20Cl2N2O3. The van der Waals surface area contributed by atoms with E-state index in [1.54, 1.807) is 29.3 Å². The number of amides is 2. The van der Waals surface area contributed by atoms with E-state index in [4.69, 9.17) is 28.0 Å². The van der Waals surface area contributed by atoms with Gasteiger partial charge in [0.05, 0.1) is 17.4 Å². The van der Waals surface area contributed by atoms with Crippen molar-refractivity contribution < 1.29 is 14.4 Å². The number of para-hydroxylation sites is 1. The Hall–Kier alpha value is -3.64. The van der Waals surface area contributed by atoms with Crippen LogP contribution >= 0.6 is 23.2 Å². The lowest BCUT2D eigenvalue weighted by Gasteiger charge is -2.29. The van der Waals surface area contributed by atoms with Crippen molar-refractivity contribution in [3.63, 3.8) is 0 Å². The highest BCUT2D eigenvalue weighted by molar-refractivity contribution is 6.35. The lowest BCUT2D eigenvalue weighted by molar-refractivity contribution is -0.126. The van der Waals surface area contributed by atoms with Gasteiger partial charge < -0.3 is 0 Å². The van der Waals surface area contributed by atoms with E-state index in [1.807, 2.05) is 78.9 Å². The smallest absolute Gasteiger partial charge is 0.266 e. The van der Waals surface area contributed by atoms with E-state index in [0.717, 1.165) is 16.8 Å². The number of nitrogens with zero attached hydrogens (tertiary/aromatic N) is 2. The van der Waals surface area contributed by atoms with Gasteiger partial charge in [0.2, 0.25) is 5.91 Å². The zero-order valence-electron chi connectivity index (χ0n) is 18.9. The topological polar surface area (TPSA) is 49.9 Å². The van der Waals surface area contributed by atoms with Gasteiger partial charge in [-0.25, -0.2) is 9.96 Å². The van der Waals surface area contributed by atoms with Crippen molar-refractivity contribution >= 4 is 46.4 Å². The minimum atomic E-state index is -0.977. The highest BCUT2D eigenvalue weighted by Gasteiger charge is 2.60. The number of hydroxylamine groups is 1. The monoisotopic (exact) mass is 514 g/mol. The van der Waals surface area contributed by atoms with Gasteiger partial charge in [-0.05, 0) is 53.1 Å². The first kappa shape index (κ1) is 22.8. The van der Waals surface area contributed by atoms with E-state index in [1.165, 1.54) is 4.90 Å². The number of halogens is 2. The number of benzene rings is 4. The molecule has 36 heavy (non-hydrogen) atoms. The van der Waals surface area contributed by atoms with Crippen molar-refractivity contribution in [2.24, 2.45) is 5.92 Å². The van der Waals surface area contributed by atoms with Crippen LogP contribution < -0.4 is 9.96 Å². The molecular weight excluding hydrogens is 495 g/mol. The fraction of sp³-hybridized carbons (Fsp3) is 0.103. The third-order valence-corrected chi connectivity index (χ3v) is 7.18. The molecule has 0 bridgehead atoms. The van der Waals surface area contributed by atoms with Gasteiger partial charge in [0.1, 0.15) is 5.92 Å². The first-order valence-corrected chi connectivity index (χ1v) is 12.3. The predicted molar refractivity (Wildman–Crippen MR) is 141 cm³/mol. The van der Waals surface area contributed by atoms with E-state index in [0.29, 0.717) is 21.3 Å². The number of fused-ring (bicyclic) bond motifs is 1. The van der Waals surface area contributed by atoms with Gasteiger partial charge >= 0.3 is 0 Å². The molecule has 0 radical (unpaired) electrons. The van der Waals surface area contributed by atoms with E-state index in [-0.39, 0.29) is 5.91 Å². The van der Waals surface area contributed by atoms with Crippen LogP contribution in [0, 0.1) is 5.92 Å². The molecule has 2 heterocycles. The molecule has 7 heteroatoms. The van der Waals surface area contributed by atoms with Gasteiger partial charge in [0.25, 0.3) is 5.91 Å². The molecule has 2 saturated heterocycles. The average molecular weight is 515 g/mol. The number of anilines is 2. The predicted octanol–water partition coefficient (Wildman–Crippen LogP) is 6.71. The number of hydrogen-bond donors (Lipinski definition) is 0. The Balaban J connectivity index is 1.42. The second kappa shape index (κ2) is 9.10. The van der Waals surface area contributed by atoms with Crippen LogP contribution in [0.1, 0.15) is 11.6 Å². The molecule has 178 valence electrons. The third-order valence-electron chi connectivity index (χ3n) is 6.62. The first-order chi connectivity index (χ1) is 17.5. The lowest BCUT2D eigenvalue weighted by Crippen LogP contribution is -2.37. The third kappa shape index (κ3) is 3.77. The number of rotatable bonds is 4. The minimum absolute atomic E-state index is 0.329. The summed E-state index contributed by atoms with van der Waals surface area (Å²) in [5.74, 6) is -1.51. The van der Waals surface area contributed by atoms with Gasteiger partial charge in [-0.15, -0.1) is 0 Å². The molecule has 0 saturated carbocycles. The maximum atomic E-state index is 13.9. The van der Waals surface area contributed by atoms with Crippen LogP contribution in [-0.2, 0) is 14.4 Å². The molecule has 2 amide bonds. The molecule has 5 nitrogen and oxygen atoms in total. The van der Waals surface area contributed by atoms with Crippen LogP contribution in [-0.4, -0.2) is 17.9 Å². The number of imide groups is 1. The second-order valence-electron chi connectivity index (χ2n) is 8.75. The summed E-state index contributed by atoms with van der Waals surface area (Å²) >= 11 is 12.8. The molecule has 2 aliphatic heterocycles. The Labute approximate surface area is 218 Å². The van der Waals surface area contributed by atoms with Gasteiger partial charge in [-0.3, -0.25) is 14.4 Å². The summed E-state index contributed by atoms with van der Waals surface area (Å²) in [5, 5.41) is 2.51. The van der Waals surface area contributed by atoms with Crippen LogP contribution in [0.5, 0.6) is 0 Å². The second-order valence-corrected chi connectivity index (χ2v) is 9.60. The number of carbonyl (C=O) groups is 2. The van der Waals surface area contributed by atoms with Gasteiger partial charge in [-0.2, -0.15) is 0 Å². The molecule has 2 aliphatic rings. The zero-order valence-corrected chi connectivity index (χ0v) is 20.4. The SMILES string of the molecule is O=C1[C@@H]2[C@@H](c3ccc(Cl)cc3Cl)N(c3ccccc3)O[C@H]2C(=O)N1c1cccc(-c2ccccc2)c1. The fourth-order valence-corrected chi connectivity index (χ4v) is 5.50. The molecule has 4 aromatic carbocycles. The van der Waals surface area contributed by atoms with Crippen molar-refractivity contribution in [1.82, 2.24) is 0 Å². The molecule has 2 fully saturated rings. The maximum absolute atomic E-state index is 13.9.